The van der Waals surface area contributed by atoms with Gasteiger partial charge in [0.15, 0.2) is 0 Å². The van der Waals surface area contributed by atoms with Crippen LogP contribution >= 0.6 is 0 Å². The van der Waals surface area contributed by atoms with E-state index in [2.05, 4.69) is 39.9 Å². The van der Waals surface area contributed by atoms with Crippen LogP contribution in [0.1, 0.15) is 46.1 Å². The van der Waals surface area contributed by atoms with Gasteiger partial charge in [0, 0.05) is 11.1 Å². The van der Waals surface area contributed by atoms with Crippen LogP contribution in [0.25, 0.3) is 0 Å². The molecule has 0 aromatic heterocycles. The van der Waals surface area contributed by atoms with Gasteiger partial charge in [0.1, 0.15) is 11.6 Å². The Balaban J connectivity index is 2.81. The van der Waals surface area contributed by atoms with Gasteiger partial charge in [0.25, 0.3) is 0 Å². The Kier molecular flexibility index (Phi) is 5.36. The van der Waals surface area contributed by atoms with Gasteiger partial charge < -0.3 is 10.1 Å². The summed E-state index contributed by atoms with van der Waals surface area (Å²) < 4.78 is 18.7. The van der Waals surface area contributed by atoms with E-state index in [1.807, 2.05) is 0 Å². The first-order valence-corrected chi connectivity index (χ1v) is 6.83. The Morgan fingerprint density at radius 2 is 1.89 bits per heavy atom. The average molecular weight is 267 g/mol. The first-order valence-electron chi connectivity index (χ1n) is 6.83. The van der Waals surface area contributed by atoms with Gasteiger partial charge in [-0.15, -0.1) is 0 Å². The van der Waals surface area contributed by atoms with E-state index in [4.69, 9.17) is 4.74 Å². The lowest BCUT2D eigenvalue weighted by Crippen LogP contribution is -2.39. The minimum absolute atomic E-state index is 0.0972. The van der Waals surface area contributed by atoms with E-state index in [-0.39, 0.29) is 17.3 Å². The zero-order valence-electron chi connectivity index (χ0n) is 12.9. The number of methoxy groups -OCH3 is 1. The molecule has 0 heterocycles. The second kappa shape index (κ2) is 6.38. The molecule has 2 nitrogen and oxygen atoms in total. The minimum Gasteiger partial charge on any atom is -0.496 e. The number of hydrogen-bond acceptors (Lipinski definition) is 2. The molecule has 0 bridgehead atoms. The molecule has 0 saturated heterocycles. The van der Waals surface area contributed by atoms with Crippen LogP contribution in [-0.4, -0.2) is 19.2 Å². The SMILES string of the molecule is COc1ccc(F)cc1C(C)C(C)CNC(C)(C)C. The van der Waals surface area contributed by atoms with Crippen molar-refractivity contribution in [3.63, 3.8) is 0 Å². The molecule has 0 fully saturated rings. The van der Waals surface area contributed by atoms with Crippen molar-refractivity contribution < 1.29 is 9.13 Å². The maximum atomic E-state index is 13.4. The van der Waals surface area contributed by atoms with E-state index in [0.29, 0.717) is 5.92 Å². The van der Waals surface area contributed by atoms with Crippen molar-refractivity contribution in [2.24, 2.45) is 5.92 Å². The maximum absolute atomic E-state index is 13.4. The number of benzene rings is 1. The molecular formula is C16H26FNO. The molecule has 0 amide bonds. The standard InChI is InChI=1S/C16H26FNO/c1-11(10-18-16(3,4)5)12(2)14-9-13(17)7-8-15(14)19-6/h7-9,11-12,18H,10H2,1-6H3. The van der Waals surface area contributed by atoms with Crippen molar-refractivity contribution in [1.82, 2.24) is 5.32 Å². The topological polar surface area (TPSA) is 21.3 Å². The Labute approximate surface area is 116 Å². The normalized spacial score (nSPS) is 15.1. The molecule has 19 heavy (non-hydrogen) atoms. The number of rotatable bonds is 5. The third kappa shape index (κ3) is 4.83. The van der Waals surface area contributed by atoms with Crippen LogP contribution in [0.3, 0.4) is 0 Å². The molecule has 1 rings (SSSR count). The second-order valence-electron chi connectivity index (χ2n) is 6.28. The fraction of sp³-hybridized carbons (Fsp3) is 0.625. The molecular weight excluding hydrogens is 241 g/mol. The Bertz CT molecular complexity index is 412. The van der Waals surface area contributed by atoms with Crippen LogP contribution in [0.4, 0.5) is 4.39 Å². The number of ether oxygens (including phenoxy) is 1. The summed E-state index contributed by atoms with van der Waals surface area (Å²) in [6.07, 6.45) is 0. The smallest absolute Gasteiger partial charge is 0.123 e. The molecule has 1 N–H and O–H groups in total. The first-order chi connectivity index (χ1) is 8.74. The molecule has 0 radical (unpaired) electrons. The Hall–Kier alpha value is -1.09. The molecule has 3 heteroatoms. The number of hydrogen-bond donors (Lipinski definition) is 1. The van der Waals surface area contributed by atoms with Gasteiger partial charge in [-0.2, -0.15) is 0 Å². The molecule has 0 aliphatic heterocycles. The summed E-state index contributed by atoms with van der Waals surface area (Å²) in [6, 6.07) is 4.72. The highest BCUT2D eigenvalue weighted by Crippen LogP contribution is 2.32. The summed E-state index contributed by atoms with van der Waals surface area (Å²) in [6.45, 7) is 11.6. The molecule has 1 aromatic rings. The van der Waals surface area contributed by atoms with Gasteiger partial charge in [0.2, 0.25) is 0 Å². The summed E-state index contributed by atoms with van der Waals surface area (Å²) >= 11 is 0. The predicted molar refractivity (Wildman–Crippen MR) is 78.3 cm³/mol. The number of halogens is 1. The lowest BCUT2D eigenvalue weighted by Gasteiger charge is -2.27. The molecule has 0 saturated carbocycles. The highest BCUT2D eigenvalue weighted by atomic mass is 19.1. The highest BCUT2D eigenvalue weighted by Gasteiger charge is 2.20. The summed E-state index contributed by atoms with van der Waals surface area (Å²) in [5.74, 6) is 1.19. The lowest BCUT2D eigenvalue weighted by atomic mass is 9.87. The molecule has 108 valence electrons. The average Bonchev–Trinajstić information content (AvgIpc) is 2.34. The largest absolute Gasteiger partial charge is 0.496 e. The van der Waals surface area contributed by atoms with Crippen molar-refractivity contribution >= 4 is 0 Å². The van der Waals surface area contributed by atoms with Crippen LogP contribution in [-0.2, 0) is 0 Å². The summed E-state index contributed by atoms with van der Waals surface area (Å²) in [5, 5.41) is 3.49. The van der Waals surface area contributed by atoms with Gasteiger partial charge in [-0.05, 0) is 57.4 Å². The van der Waals surface area contributed by atoms with Crippen molar-refractivity contribution in [2.75, 3.05) is 13.7 Å². The molecule has 2 unspecified atom stereocenters. The van der Waals surface area contributed by atoms with Crippen LogP contribution in [0, 0.1) is 11.7 Å². The fourth-order valence-corrected chi connectivity index (χ4v) is 2.01. The van der Waals surface area contributed by atoms with Crippen LogP contribution < -0.4 is 10.1 Å². The van der Waals surface area contributed by atoms with Crippen molar-refractivity contribution in [1.29, 1.82) is 0 Å². The van der Waals surface area contributed by atoms with Crippen LogP contribution in [0.5, 0.6) is 5.75 Å². The number of nitrogens with one attached hydrogen (secondary N) is 1. The van der Waals surface area contributed by atoms with Crippen LogP contribution in [0.15, 0.2) is 18.2 Å². The summed E-state index contributed by atoms with van der Waals surface area (Å²) in [4.78, 5) is 0. The first kappa shape index (κ1) is 16.0. The van der Waals surface area contributed by atoms with E-state index in [0.717, 1.165) is 17.9 Å². The highest BCUT2D eigenvalue weighted by molar-refractivity contribution is 5.36. The zero-order valence-corrected chi connectivity index (χ0v) is 12.9. The van der Waals surface area contributed by atoms with Gasteiger partial charge in [-0.3, -0.25) is 0 Å². The lowest BCUT2D eigenvalue weighted by molar-refractivity contribution is 0.349. The van der Waals surface area contributed by atoms with E-state index < -0.39 is 0 Å². The summed E-state index contributed by atoms with van der Waals surface area (Å²) in [5.41, 5.74) is 1.03. The van der Waals surface area contributed by atoms with E-state index in [1.54, 1.807) is 19.2 Å². The van der Waals surface area contributed by atoms with Crippen LogP contribution in [0.2, 0.25) is 0 Å². The van der Waals surface area contributed by atoms with E-state index >= 15 is 0 Å². The molecule has 0 spiro atoms. The predicted octanol–water partition coefficient (Wildman–Crippen LogP) is 3.96. The van der Waals surface area contributed by atoms with Crippen molar-refractivity contribution in [2.45, 2.75) is 46.1 Å². The molecule has 0 aliphatic carbocycles. The zero-order chi connectivity index (χ0) is 14.6. The Morgan fingerprint density at radius 3 is 2.42 bits per heavy atom. The molecule has 0 aliphatic rings. The molecule has 1 aromatic carbocycles. The monoisotopic (exact) mass is 267 g/mol. The van der Waals surface area contributed by atoms with E-state index in [9.17, 15) is 4.39 Å². The second-order valence-corrected chi connectivity index (χ2v) is 6.28. The van der Waals surface area contributed by atoms with Gasteiger partial charge in [-0.25, -0.2) is 4.39 Å². The quantitative estimate of drug-likeness (QED) is 0.872. The third-order valence-corrected chi connectivity index (χ3v) is 3.49. The minimum atomic E-state index is -0.210. The van der Waals surface area contributed by atoms with Crippen molar-refractivity contribution in [3.8, 4) is 5.75 Å². The summed E-state index contributed by atoms with van der Waals surface area (Å²) in [7, 11) is 1.63. The van der Waals surface area contributed by atoms with Gasteiger partial charge in [-0.1, -0.05) is 13.8 Å². The third-order valence-electron chi connectivity index (χ3n) is 3.49. The van der Waals surface area contributed by atoms with E-state index in [1.165, 1.54) is 6.07 Å². The Morgan fingerprint density at radius 1 is 1.26 bits per heavy atom. The maximum Gasteiger partial charge on any atom is 0.123 e. The van der Waals surface area contributed by atoms with Gasteiger partial charge >= 0.3 is 0 Å². The molecule has 2 atom stereocenters. The van der Waals surface area contributed by atoms with Gasteiger partial charge in [0.05, 0.1) is 7.11 Å². The fourth-order valence-electron chi connectivity index (χ4n) is 2.01. The van der Waals surface area contributed by atoms with Crippen molar-refractivity contribution in [3.05, 3.63) is 29.6 Å².